The molecule has 15 heavy (non-hydrogen) atoms. The number of esters is 1. The predicted molar refractivity (Wildman–Crippen MR) is 59.3 cm³/mol. The molecule has 1 aromatic rings. The van der Waals surface area contributed by atoms with Gasteiger partial charge in [0, 0.05) is 0 Å². The zero-order valence-corrected chi connectivity index (χ0v) is 8.99. The van der Waals surface area contributed by atoms with E-state index in [1.54, 1.807) is 0 Å². The summed E-state index contributed by atoms with van der Waals surface area (Å²) in [7, 11) is 0. The smallest absolute Gasteiger partial charge is 0.339 e. The third kappa shape index (κ3) is 1.94. The summed E-state index contributed by atoms with van der Waals surface area (Å²) >= 11 is 0. The summed E-state index contributed by atoms with van der Waals surface area (Å²) in [5.41, 5.74) is 2.83. The van der Waals surface area contributed by atoms with Crippen LogP contribution in [-0.4, -0.2) is 12.1 Å². The van der Waals surface area contributed by atoms with Gasteiger partial charge in [0.1, 0.15) is 6.10 Å². The lowest BCUT2D eigenvalue weighted by molar-refractivity contribution is -0.137. The van der Waals surface area contributed by atoms with E-state index >= 15 is 0 Å². The van der Waals surface area contributed by atoms with Gasteiger partial charge in [-0.1, -0.05) is 36.8 Å². The highest BCUT2D eigenvalue weighted by Crippen LogP contribution is 2.25. The van der Waals surface area contributed by atoms with Crippen LogP contribution in [0.4, 0.5) is 0 Å². The number of benzene rings is 1. The normalized spacial score (nSPS) is 20.0. The monoisotopic (exact) mass is 202 g/mol. The van der Waals surface area contributed by atoms with Gasteiger partial charge in [-0.3, -0.25) is 0 Å². The van der Waals surface area contributed by atoms with Gasteiger partial charge in [-0.05, 0) is 25.0 Å². The number of cyclic esters (lactones) is 1. The van der Waals surface area contributed by atoms with Gasteiger partial charge in [0.05, 0.1) is 5.57 Å². The molecule has 0 unspecified atom stereocenters. The second kappa shape index (κ2) is 3.89. The van der Waals surface area contributed by atoms with Gasteiger partial charge in [-0.15, -0.1) is 0 Å². The molecule has 1 aliphatic rings. The molecule has 78 valence electrons. The fraction of sp³-hybridized carbons (Fsp3) is 0.308. The number of rotatable bonds is 2. The molecule has 0 fully saturated rings. The van der Waals surface area contributed by atoms with E-state index in [0.29, 0.717) is 5.57 Å². The molecule has 2 heteroatoms. The summed E-state index contributed by atoms with van der Waals surface area (Å²) in [4.78, 5) is 11.5. The quantitative estimate of drug-likeness (QED) is 0.689. The minimum absolute atomic E-state index is 0.0474. The van der Waals surface area contributed by atoms with Crippen molar-refractivity contribution in [2.45, 2.75) is 26.4 Å². The van der Waals surface area contributed by atoms with Gasteiger partial charge >= 0.3 is 5.97 Å². The average molecular weight is 202 g/mol. The highest BCUT2D eigenvalue weighted by Gasteiger charge is 2.24. The Balaban J connectivity index is 2.31. The van der Waals surface area contributed by atoms with Gasteiger partial charge in [-0.25, -0.2) is 4.79 Å². The van der Waals surface area contributed by atoms with Gasteiger partial charge < -0.3 is 4.74 Å². The molecule has 0 spiro atoms. The van der Waals surface area contributed by atoms with E-state index < -0.39 is 0 Å². The SMILES string of the molecule is CC[C@H]1C=C(c2ccc(C)cc2)C(=O)O1. The van der Waals surface area contributed by atoms with E-state index in [-0.39, 0.29) is 12.1 Å². The van der Waals surface area contributed by atoms with E-state index in [2.05, 4.69) is 0 Å². The Morgan fingerprint density at radius 2 is 1.93 bits per heavy atom. The fourth-order valence-corrected chi connectivity index (χ4v) is 1.64. The van der Waals surface area contributed by atoms with E-state index in [4.69, 9.17) is 4.74 Å². The van der Waals surface area contributed by atoms with E-state index in [1.807, 2.05) is 44.2 Å². The highest BCUT2D eigenvalue weighted by molar-refractivity contribution is 6.18. The molecule has 0 radical (unpaired) electrons. The van der Waals surface area contributed by atoms with Gasteiger partial charge in [-0.2, -0.15) is 0 Å². The predicted octanol–water partition coefficient (Wildman–Crippen LogP) is 2.71. The maximum atomic E-state index is 11.5. The number of ether oxygens (including phenoxy) is 1. The molecule has 0 saturated carbocycles. The first-order valence-corrected chi connectivity index (χ1v) is 5.20. The van der Waals surface area contributed by atoms with E-state index in [0.717, 1.165) is 12.0 Å². The molecular formula is C13H14O2. The Bertz CT molecular complexity index is 401. The topological polar surface area (TPSA) is 26.3 Å². The van der Waals surface area contributed by atoms with Crippen LogP contribution in [0, 0.1) is 6.92 Å². The van der Waals surface area contributed by atoms with Crippen molar-refractivity contribution >= 4 is 11.5 Å². The van der Waals surface area contributed by atoms with Crippen molar-refractivity contribution in [3.05, 3.63) is 41.5 Å². The molecule has 0 bridgehead atoms. The van der Waals surface area contributed by atoms with Crippen LogP contribution in [0.25, 0.3) is 5.57 Å². The van der Waals surface area contributed by atoms with E-state index in [9.17, 15) is 4.79 Å². The van der Waals surface area contributed by atoms with Crippen LogP contribution >= 0.6 is 0 Å². The fourth-order valence-electron chi connectivity index (χ4n) is 1.64. The molecule has 0 saturated heterocycles. The molecule has 1 heterocycles. The highest BCUT2D eigenvalue weighted by atomic mass is 16.5. The van der Waals surface area contributed by atoms with Crippen LogP contribution in [0.3, 0.4) is 0 Å². The Hall–Kier alpha value is -1.57. The second-order valence-corrected chi connectivity index (χ2v) is 3.80. The maximum absolute atomic E-state index is 11.5. The molecular weight excluding hydrogens is 188 g/mol. The summed E-state index contributed by atoms with van der Waals surface area (Å²) in [6, 6.07) is 7.92. The Morgan fingerprint density at radius 3 is 2.47 bits per heavy atom. The van der Waals surface area contributed by atoms with Crippen molar-refractivity contribution in [1.29, 1.82) is 0 Å². The first-order valence-electron chi connectivity index (χ1n) is 5.20. The summed E-state index contributed by atoms with van der Waals surface area (Å²) < 4.78 is 5.18. The van der Waals surface area contributed by atoms with Crippen molar-refractivity contribution in [2.75, 3.05) is 0 Å². The molecule has 1 atom stereocenters. The number of hydrogen-bond donors (Lipinski definition) is 0. The minimum Gasteiger partial charge on any atom is -0.455 e. The zero-order valence-electron chi connectivity index (χ0n) is 8.99. The lowest BCUT2D eigenvalue weighted by atomic mass is 10.0. The first-order chi connectivity index (χ1) is 7.20. The van der Waals surface area contributed by atoms with Gasteiger partial charge in [0.2, 0.25) is 0 Å². The molecule has 0 aromatic heterocycles. The van der Waals surface area contributed by atoms with Crippen LogP contribution in [0.15, 0.2) is 30.3 Å². The number of carbonyl (C=O) groups excluding carboxylic acids is 1. The van der Waals surface area contributed by atoms with Crippen LogP contribution < -0.4 is 0 Å². The zero-order chi connectivity index (χ0) is 10.8. The van der Waals surface area contributed by atoms with Gasteiger partial charge in [0.25, 0.3) is 0 Å². The Kier molecular flexibility index (Phi) is 2.58. The lowest BCUT2D eigenvalue weighted by Gasteiger charge is -2.02. The summed E-state index contributed by atoms with van der Waals surface area (Å²) in [5, 5.41) is 0. The molecule has 0 amide bonds. The molecule has 0 N–H and O–H groups in total. The van der Waals surface area contributed by atoms with Crippen molar-refractivity contribution < 1.29 is 9.53 Å². The molecule has 1 aromatic carbocycles. The van der Waals surface area contributed by atoms with Crippen LogP contribution in [0.1, 0.15) is 24.5 Å². The second-order valence-electron chi connectivity index (χ2n) is 3.80. The third-order valence-electron chi connectivity index (χ3n) is 2.60. The standard InChI is InChI=1S/C13H14O2/c1-3-11-8-12(13(14)15-11)10-6-4-9(2)5-7-10/h4-8,11H,3H2,1-2H3/t11-/m0/s1. The lowest BCUT2D eigenvalue weighted by Crippen LogP contribution is -2.06. The summed E-state index contributed by atoms with van der Waals surface area (Å²) in [5.74, 6) is -0.203. The number of hydrogen-bond acceptors (Lipinski definition) is 2. The van der Waals surface area contributed by atoms with Crippen molar-refractivity contribution in [1.82, 2.24) is 0 Å². The Morgan fingerprint density at radius 1 is 1.27 bits per heavy atom. The Labute approximate surface area is 89.6 Å². The molecule has 2 nitrogen and oxygen atoms in total. The summed E-state index contributed by atoms with van der Waals surface area (Å²) in [6.07, 6.45) is 2.70. The summed E-state index contributed by atoms with van der Waals surface area (Å²) in [6.45, 7) is 4.03. The third-order valence-corrected chi connectivity index (χ3v) is 2.60. The number of carbonyl (C=O) groups is 1. The van der Waals surface area contributed by atoms with Crippen molar-refractivity contribution in [2.24, 2.45) is 0 Å². The van der Waals surface area contributed by atoms with Crippen LogP contribution in [-0.2, 0) is 9.53 Å². The van der Waals surface area contributed by atoms with Crippen LogP contribution in [0.2, 0.25) is 0 Å². The first kappa shape index (κ1) is 9.97. The molecule has 0 aliphatic carbocycles. The molecule has 2 rings (SSSR count). The molecule has 1 aliphatic heterocycles. The van der Waals surface area contributed by atoms with Crippen molar-refractivity contribution in [3.63, 3.8) is 0 Å². The average Bonchev–Trinajstić information content (AvgIpc) is 2.61. The van der Waals surface area contributed by atoms with Crippen molar-refractivity contribution in [3.8, 4) is 0 Å². The van der Waals surface area contributed by atoms with Crippen LogP contribution in [0.5, 0.6) is 0 Å². The van der Waals surface area contributed by atoms with E-state index in [1.165, 1.54) is 5.56 Å². The van der Waals surface area contributed by atoms with Gasteiger partial charge in [0.15, 0.2) is 0 Å². The number of aryl methyl sites for hydroxylation is 1. The largest absolute Gasteiger partial charge is 0.455 e. The maximum Gasteiger partial charge on any atom is 0.339 e. The minimum atomic E-state index is -0.203.